The highest BCUT2D eigenvalue weighted by Gasteiger charge is 2.13. The second-order valence-corrected chi connectivity index (χ2v) is 4.39. The maximum absolute atomic E-state index is 4.60. The van der Waals surface area contributed by atoms with Crippen LogP contribution in [-0.4, -0.2) is 17.7 Å². The summed E-state index contributed by atoms with van der Waals surface area (Å²) >= 11 is 4.60. The van der Waals surface area contributed by atoms with Crippen LogP contribution in [0.5, 0.6) is 0 Å². The molecule has 0 aliphatic carbocycles. The van der Waals surface area contributed by atoms with Gasteiger partial charge < -0.3 is 5.32 Å². The van der Waals surface area contributed by atoms with Crippen molar-refractivity contribution in [2.45, 2.75) is 31.7 Å². The average molecular weight is 232 g/mol. The van der Waals surface area contributed by atoms with Gasteiger partial charge in [-0.2, -0.15) is 4.99 Å². The highest BCUT2D eigenvalue weighted by atomic mass is 32.1. The quantitative estimate of drug-likeness (QED) is 0.637. The summed E-state index contributed by atoms with van der Waals surface area (Å²) in [6, 6.07) is 8.93. The van der Waals surface area contributed by atoms with Gasteiger partial charge in [0.25, 0.3) is 0 Å². The summed E-state index contributed by atoms with van der Waals surface area (Å²) in [7, 11) is 0. The number of benzene rings is 1. The van der Waals surface area contributed by atoms with Gasteiger partial charge in [0.15, 0.2) is 0 Å². The van der Waals surface area contributed by atoms with Crippen LogP contribution < -0.4 is 5.32 Å². The van der Waals surface area contributed by atoms with E-state index in [9.17, 15) is 0 Å². The lowest BCUT2D eigenvalue weighted by atomic mass is 10.0. The fraction of sp³-hybridized carbons (Fsp3) is 0.462. The average Bonchev–Trinajstić information content (AvgIpc) is 2.80. The SMILES string of the molecule is S=C=Nc1cccc(CCC2CCCN2)c1. The molecule has 2 rings (SSSR count). The van der Waals surface area contributed by atoms with Crippen LogP contribution in [0.1, 0.15) is 24.8 Å². The molecular formula is C13H16N2S. The van der Waals surface area contributed by atoms with E-state index in [1.54, 1.807) is 0 Å². The third-order valence-electron chi connectivity index (χ3n) is 3.03. The molecule has 1 aliphatic heterocycles. The van der Waals surface area contributed by atoms with Gasteiger partial charge in [-0.05, 0) is 62.1 Å². The van der Waals surface area contributed by atoms with Crippen molar-refractivity contribution in [3.05, 3.63) is 29.8 Å². The summed E-state index contributed by atoms with van der Waals surface area (Å²) in [4.78, 5) is 4.00. The fourth-order valence-corrected chi connectivity index (χ4v) is 2.28. The number of thiocarbonyl (C=S) groups is 1. The molecule has 16 heavy (non-hydrogen) atoms. The molecule has 1 aromatic carbocycles. The molecule has 1 fully saturated rings. The van der Waals surface area contributed by atoms with Crippen molar-refractivity contribution < 1.29 is 0 Å². The lowest BCUT2D eigenvalue weighted by Crippen LogP contribution is -2.21. The topological polar surface area (TPSA) is 24.4 Å². The molecule has 0 radical (unpaired) electrons. The second kappa shape index (κ2) is 5.90. The van der Waals surface area contributed by atoms with Crippen molar-refractivity contribution in [1.29, 1.82) is 0 Å². The Hall–Kier alpha value is -1.02. The number of aliphatic imine (C=N–C) groups is 1. The van der Waals surface area contributed by atoms with E-state index in [1.165, 1.54) is 31.4 Å². The van der Waals surface area contributed by atoms with Crippen LogP contribution >= 0.6 is 12.2 Å². The molecule has 1 aliphatic rings. The largest absolute Gasteiger partial charge is 0.314 e. The van der Waals surface area contributed by atoms with Crippen LogP contribution in [0.3, 0.4) is 0 Å². The van der Waals surface area contributed by atoms with Gasteiger partial charge in [-0.3, -0.25) is 0 Å². The molecule has 3 heteroatoms. The molecule has 1 atom stereocenters. The van der Waals surface area contributed by atoms with Gasteiger partial charge >= 0.3 is 0 Å². The zero-order chi connectivity index (χ0) is 11.2. The number of nitrogens with zero attached hydrogens (tertiary/aromatic N) is 1. The molecule has 0 spiro atoms. The van der Waals surface area contributed by atoms with E-state index in [0.29, 0.717) is 6.04 Å². The van der Waals surface area contributed by atoms with Crippen molar-refractivity contribution in [1.82, 2.24) is 5.32 Å². The predicted octanol–water partition coefficient (Wildman–Crippen LogP) is 3.11. The predicted molar refractivity (Wildman–Crippen MR) is 70.5 cm³/mol. The van der Waals surface area contributed by atoms with E-state index in [1.807, 2.05) is 12.1 Å². The molecule has 0 bridgehead atoms. The number of aryl methyl sites for hydroxylation is 1. The highest BCUT2D eigenvalue weighted by Crippen LogP contribution is 2.17. The number of isothiocyanates is 1. The molecule has 0 aromatic heterocycles. The van der Waals surface area contributed by atoms with Gasteiger partial charge in [0, 0.05) is 6.04 Å². The molecule has 0 amide bonds. The lowest BCUT2D eigenvalue weighted by molar-refractivity contribution is 0.559. The monoisotopic (exact) mass is 232 g/mol. The van der Waals surface area contributed by atoms with Crippen LogP contribution in [0.4, 0.5) is 5.69 Å². The van der Waals surface area contributed by atoms with Crippen LogP contribution in [-0.2, 0) is 6.42 Å². The van der Waals surface area contributed by atoms with Crippen molar-refractivity contribution in [3.63, 3.8) is 0 Å². The lowest BCUT2D eigenvalue weighted by Gasteiger charge is -2.09. The molecule has 0 saturated carbocycles. The second-order valence-electron chi connectivity index (χ2n) is 4.20. The van der Waals surface area contributed by atoms with Gasteiger partial charge in [0.1, 0.15) is 0 Å². The van der Waals surface area contributed by atoms with E-state index >= 15 is 0 Å². The Bertz CT molecular complexity index is 391. The van der Waals surface area contributed by atoms with Crippen LogP contribution in [0, 0.1) is 0 Å². The summed E-state index contributed by atoms with van der Waals surface area (Å²) in [6.07, 6.45) is 4.96. The number of hydrogen-bond donors (Lipinski definition) is 1. The number of rotatable bonds is 4. The summed E-state index contributed by atoms with van der Waals surface area (Å²) < 4.78 is 0. The first-order valence-electron chi connectivity index (χ1n) is 5.78. The van der Waals surface area contributed by atoms with E-state index in [2.05, 4.69) is 39.8 Å². The third kappa shape index (κ3) is 3.24. The molecule has 1 N–H and O–H groups in total. The Labute approximate surface area is 102 Å². The zero-order valence-electron chi connectivity index (χ0n) is 9.28. The first-order chi connectivity index (χ1) is 7.88. The Morgan fingerprint density at radius 1 is 1.50 bits per heavy atom. The summed E-state index contributed by atoms with van der Waals surface area (Å²) in [6.45, 7) is 1.18. The molecule has 2 nitrogen and oxygen atoms in total. The minimum absolute atomic E-state index is 0.706. The summed E-state index contributed by atoms with van der Waals surface area (Å²) in [5.74, 6) is 0. The maximum atomic E-state index is 4.60. The maximum Gasteiger partial charge on any atom is 0.0742 e. The van der Waals surface area contributed by atoms with Crippen molar-refractivity contribution >= 4 is 23.1 Å². The first kappa shape index (κ1) is 11.5. The number of nitrogens with one attached hydrogen (secondary N) is 1. The van der Waals surface area contributed by atoms with Crippen molar-refractivity contribution in [2.75, 3.05) is 6.54 Å². The molecule has 1 unspecified atom stereocenters. The first-order valence-corrected chi connectivity index (χ1v) is 6.19. The zero-order valence-corrected chi connectivity index (χ0v) is 10.1. The fourth-order valence-electron chi connectivity index (χ4n) is 2.18. The van der Waals surface area contributed by atoms with Gasteiger partial charge in [-0.15, -0.1) is 0 Å². The van der Waals surface area contributed by atoms with Gasteiger partial charge in [-0.25, -0.2) is 0 Å². The van der Waals surface area contributed by atoms with Gasteiger partial charge in [0.2, 0.25) is 0 Å². The van der Waals surface area contributed by atoms with E-state index < -0.39 is 0 Å². The Morgan fingerprint density at radius 3 is 3.19 bits per heavy atom. The van der Waals surface area contributed by atoms with Gasteiger partial charge in [-0.1, -0.05) is 12.1 Å². The third-order valence-corrected chi connectivity index (χ3v) is 3.12. The van der Waals surface area contributed by atoms with Gasteiger partial charge in [0.05, 0.1) is 10.8 Å². The summed E-state index contributed by atoms with van der Waals surface area (Å²) in [5, 5.41) is 5.92. The normalized spacial score (nSPS) is 19.4. The Morgan fingerprint density at radius 2 is 2.44 bits per heavy atom. The molecular weight excluding hydrogens is 216 g/mol. The molecule has 84 valence electrons. The standard InChI is InChI=1S/C13H16N2S/c16-10-15-13-4-1-3-11(9-13)6-7-12-5-2-8-14-12/h1,3-4,9,12,14H,2,5-8H2. The number of hydrogen-bond acceptors (Lipinski definition) is 3. The molecule has 1 heterocycles. The van der Waals surface area contributed by atoms with E-state index in [-0.39, 0.29) is 0 Å². The van der Waals surface area contributed by atoms with Crippen molar-refractivity contribution in [3.8, 4) is 0 Å². The summed E-state index contributed by atoms with van der Waals surface area (Å²) in [5.41, 5.74) is 2.24. The molecule has 1 aromatic rings. The Balaban J connectivity index is 1.92. The van der Waals surface area contributed by atoms with Crippen molar-refractivity contribution in [2.24, 2.45) is 4.99 Å². The highest BCUT2D eigenvalue weighted by molar-refractivity contribution is 7.78. The Kier molecular flexibility index (Phi) is 4.23. The minimum Gasteiger partial charge on any atom is -0.314 e. The van der Waals surface area contributed by atoms with Crippen LogP contribution in [0.2, 0.25) is 0 Å². The van der Waals surface area contributed by atoms with E-state index in [4.69, 9.17) is 0 Å². The van der Waals surface area contributed by atoms with Crippen LogP contribution in [0.15, 0.2) is 29.3 Å². The smallest absolute Gasteiger partial charge is 0.0742 e. The molecule has 1 saturated heterocycles. The minimum atomic E-state index is 0.706. The van der Waals surface area contributed by atoms with E-state index in [0.717, 1.165) is 12.1 Å². The van der Waals surface area contributed by atoms with Crippen LogP contribution in [0.25, 0.3) is 0 Å².